The molecule has 0 spiro atoms. The molecule has 0 unspecified atom stereocenters. The highest BCUT2D eigenvalue weighted by Crippen LogP contribution is 2.24. The highest BCUT2D eigenvalue weighted by Gasteiger charge is 2.13. The quantitative estimate of drug-likeness (QED) is 0.553. The van der Waals surface area contributed by atoms with Crippen LogP contribution >= 0.6 is 11.8 Å². The van der Waals surface area contributed by atoms with Crippen molar-refractivity contribution in [3.63, 3.8) is 0 Å². The molecule has 0 atom stereocenters. The van der Waals surface area contributed by atoms with Crippen molar-refractivity contribution in [1.82, 2.24) is 14.8 Å². The number of hydrogen-bond donors (Lipinski definition) is 0. The maximum absolute atomic E-state index is 13.3. The van der Waals surface area contributed by atoms with E-state index in [1.807, 2.05) is 29.7 Å². The van der Waals surface area contributed by atoms with Gasteiger partial charge in [0.15, 0.2) is 11.0 Å². The molecular formula is C20H22FN3OS. The van der Waals surface area contributed by atoms with Crippen molar-refractivity contribution >= 4 is 11.8 Å². The number of benzene rings is 2. The van der Waals surface area contributed by atoms with E-state index in [-0.39, 0.29) is 5.82 Å². The van der Waals surface area contributed by atoms with Crippen LogP contribution in [0.5, 0.6) is 5.75 Å². The Balaban J connectivity index is 1.67. The van der Waals surface area contributed by atoms with Crippen LogP contribution in [-0.4, -0.2) is 14.8 Å². The average Bonchev–Trinajstić information content (AvgIpc) is 3.01. The standard InChI is InChI=1S/C20H22FN3OS/c1-4-24-19(12-25-18-9-8-14(2)10-15(18)3)22-23-20(24)26-13-16-6-5-7-17(21)11-16/h5-11H,4,12-13H2,1-3H3. The first-order chi connectivity index (χ1) is 12.6. The molecule has 0 saturated heterocycles. The fraction of sp³-hybridized carbons (Fsp3) is 0.300. The molecule has 0 amide bonds. The molecule has 0 aliphatic carbocycles. The summed E-state index contributed by atoms with van der Waals surface area (Å²) in [5.41, 5.74) is 3.24. The molecule has 1 aromatic heterocycles. The van der Waals surface area contributed by atoms with Gasteiger partial charge in [-0.1, -0.05) is 41.6 Å². The number of aryl methyl sites for hydroxylation is 2. The Bertz CT molecular complexity index is 895. The van der Waals surface area contributed by atoms with Gasteiger partial charge in [0, 0.05) is 12.3 Å². The third-order valence-electron chi connectivity index (χ3n) is 4.05. The summed E-state index contributed by atoms with van der Waals surface area (Å²) >= 11 is 1.55. The van der Waals surface area contributed by atoms with Gasteiger partial charge >= 0.3 is 0 Å². The smallest absolute Gasteiger partial charge is 0.191 e. The minimum atomic E-state index is -0.220. The van der Waals surface area contributed by atoms with Crippen LogP contribution in [0.1, 0.15) is 29.4 Å². The Morgan fingerprint density at radius 2 is 1.96 bits per heavy atom. The lowest BCUT2D eigenvalue weighted by atomic mass is 10.1. The van der Waals surface area contributed by atoms with Crippen LogP contribution in [0.4, 0.5) is 4.39 Å². The van der Waals surface area contributed by atoms with Crippen molar-refractivity contribution in [2.75, 3.05) is 0 Å². The summed E-state index contributed by atoms with van der Waals surface area (Å²) in [4.78, 5) is 0. The minimum absolute atomic E-state index is 0.220. The van der Waals surface area contributed by atoms with Crippen LogP contribution in [0, 0.1) is 19.7 Å². The third kappa shape index (κ3) is 4.43. The summed E-state index contributed by atoms with van der Waals surface area (Å²) in [5.74, 6) is 2.07. The van der Waals surface area contributed by atoms with E-state index in [0.717, 1.165) is 34.4 Å². The van der Waals surface area contributed by atoms with Gasteiger partial charge in [-0.05, 0) is 50.1 Å². The largest absolute Gasteiger partial charge is 0.485 e. The number of hydrogen-bond acceptors (Lipinski definition) is 4. The molecule has 0 aliphatic rings. The predicted octanol–water partition coefficient (Wildman–Crippen LogP) is 4.93. The summed E-state index contributed by atoms with van der Waals surface area (Å²) in [7, 11) is 0. The molecule has 6 heteroatoms. The van der Waals surface area contributed by atoms with Gasteiger partial charge < -0.3 is 9.30 Å². The van der Waals surface area contributed by atoms with Crippen LogP contribution in [0.15, 0.2) is 47.6 Å². The first-order valence-electron chi connectivity index (χ1n) is 8.56. The normalized spacial score (nSPS) is 10.9. The van der Waals surface area contributed by atoms with Crippen molar-refractivity contribution in [3.05, 3.63) is 70.8 Å². The van der Waals surface area contributed by atoms with Crippen LogP contribution in [0.25, 0.3) is 0 Å². The second-order valence-corrected chi connectivity index (χ2v) is 7.06. The molecule has 0 aliphatic heterocycles. The van der Waals surface area contributed by atoms with E-state index in [0.29, 0.717) is 12.4 Å². The Morgan fingerprint density at radius 1 is 1.12 bits per heavy atom. The van der Waals surface area contributed by atoms with Gasteiger partial charge in [0.25, 0.3) is 0 Å². The molecule has 0 radical (unpaired) electrons. The number of ether oxygens (including phenoxy) is 1. The molecule has 0 N–H and O–H groups in total. The van der Waals surface area contributed by atoms with Gasteiger partial charge in [0.2, 0.25) is 0 Å². The zero-order valence-corrected chi connectivity index (χ0v) is 16.0. The van der Waals surface area contributed by atoms with Crippen LogP contribution in [-0.2, 0) is 18.9 Å². The van der Waals surface area contributed by atoms with Crippen LogP contribution < -0.4 is 4.74 Å². The molecule has 136 valence electrons. The van der Waals surface area contributed by atoms with E-state index in [2.05, 4.69) is 30.1 Å². The molecule has 3 rings (SSSR count). The second kappa shape index (κ2) is 8.36. The van der Waals surface area contributed by atoms with Crippen molar-refractivity contribution in [2.24, 2.45) is 0 Å². The molecule has 0 saturated carbocycles. The van der Waals surface area contributed by atoms with Crippen LogP contribution in [0.2, 0.25) is 0 Å². The van der Waals surface area contributed by atoms with E-state index in [4.69, 9.17) is 4.74 Å². The summed E-state index contributed by atoms with van der Waals surface area (Å²) in [5, 5.41) is 9.36. The van der Waals surface area contributed by atoms with Gasteiger partial charge in [0.1, 0.15) is 18.2 Å². The lowest BCUT2D eigenvalue weighted by molar-refractivity contribution is 0.286. The molecule has 2 aromatic carbocycles. The Kier molecular flexibility index (Phi) is 5.93. The van der Waals surface area contributed by atoms with Gasteiger partial charge in [0.05, 0.1) is 0 Å². The van der Waals surface area contributed by atoms with Gasteiger partial charge in [-0.15, -0.1) is 10.2 Å². The molecule has 3 aromatic rings. The zero-order chi connectivity index (χ0) is 18.5. The van der Waals surface area contributed by atoms with Crippen molar-refractivity contribution < 1.29 is 9.13 Å². The summed E-state index contributed by atoms with van der Waals surface area (Å²) in [6, 6.07) is 12.7. The first-order valence-corrected chi connectivity index (χ1v) is 9.54. The van der Waals surface area contributed by atoms with E-state index in [1.54, 1.807) is 23.9 Å². The van der Waals surface area contributed by atoms with E-state index in [9.17, 15) is 4.39 Å². The lowest BCUT2D eigenvalue weighted by Crippen LogP contribution is -2.07. The number of thioether (sulfide) groups is 1. The number of rotatable bonds is 7. The average molecular weight is 371 g/mol. The molecule has 1 heterocycles. The van der Waals surface area contributed by atoms with Gasteiger partial charge in [-0.3, -0.25) is 0 Å². The van der Waals surface area contributed by atoms with E-state index in [1.165, 1.54) is 11.6 Å². The summed E-state index contributed by atoms with van der Waals surface area (Å²) in [6.07, 6.45) is 0. The topological polar surface area (TPSA) is 39.9 Å². The monoisotopic (exact) mass is 371 g/mol. The van der Waals surface area contributed by atoms with Gasteiger partial charge in [-0.25, -0.2) is 4.39 Å². The van der Waals surface area contributed by atoms with Gasteiger partial charge in [-0.2, -0.15) is 0 Å². The summed E-state index contributed by atoms with van der Waals surface area (Å²) < 4.78 is 21.3. The SMILES string of the molecule is CCn1c(COc2ccc(C)cc2C)nnc1SCc1cccc(F)c1. The Hall–Kier alpha value is -2.34. The van der Waals surface area contributed by atoms with E-state index >= 15 is 0 Å². The van der Waals surface area contributed by atoms with Crippen LogP contribution in [0.3, 0.4) is 0 Å². The maximum atomic E-state index is 13.3. The highest BCUT2D eigenvalue weighted by molar-refractivity contribution is 7.98. The molecule has 26 heavy (non-hydrogen) atoms. The molecule has 4 nitrogen and oxygen atoms in total. The fourth-order valence-electron chi connectivity index (χ4n) is 2.73. The minimum Gasteiger partial charge on any atom is -0.485 e. The zero-order valence-electron chi connectivity index (χ0n) is 15.2. The predicted molar refractivity (Wildman–Crippen MR) is 102 cm³/mol. The van der Waals surface area contributed by atoms with E-state index < -0.39 is 0 Å². The first kappa shape index (κ1) is 18.5. The molecule has 0 fully saturated rings. The Labute approximate surface area is 157 Å². The third-order valence-corrected chi connectivity index (χ3v) is 5.09. The number of nitrogens with zero attached hydrogens (tertiary/aromatic N) is 3. The Morgan fingerprint density at radius 3 is 2.69 bits per heavy atom. The van der Waals surface area contributed by atoms with Crippen molar-refractivity contribution in [1.29, 1.82) is 0 Å². The maximum Gasteiger partial charge on any atom is 0.191 e. The summed E-state index contributed by atoms with van der Waals surface area (Å²) in [6.45, 7) is 7.27. The lowest BCUT2D eigenvalue weighted by Gasteiger charge is -2.11. The highest BCUT2D eigenvalue weighted by atomic mass is 32.2. The molecular weight excluding hydrogens is 349 g/mol. The molecule has 0 bridgehead atoms. The number of aromatic nitrogens is 3. The second-order valence-electron chi connectivity index (χ2n) is 6.12. The van der Waals surface area contributed by atoms with Crippen molar-refractivity contribution in [2.45, 2.75) is 44.8 Å². The van der Waals surface area contributed by atoms with Crippen molar-refractivity contribution in [3.8, 4) is 5.75 Å². The number of halogens is 1. The fourth-order valence-corrected chi connectivity index (χ4v) is 3.69.